The lowest BCUT2D eigenvalue weighted by Gasteiger charge is -1.92. The van der Waals surface area contributed by atoms with Gasteiger partial charge >= 0.3 is 0 Å². The molecule has 0 N–H and O–H groups in total. The Balaban J connectivity index is 2.42. The van der Waals surface area contributed by atoms with Crippen LogP contribution in [0.4, 0.5) is 0 Å². The highest BCUT2D eigenvalue weighted by atomic mass is 79.9. The Bertz CT molecular complexity index is 428. The second kappa shape index (κ2) is 3.79. The molecule has 0 unspecified atom stereocenters. The predicted molar refractivity (Wildman–Crippen MR) is 59.0 cm³/mol. The molecule has 0 fully saturated rings. The van der Waals surface area contributed by atoms with Gasteiger partial charge in [-0.15, -0.1) is 0 Å². The molecule has 0 atom stereocenters. The van der Waals surface area contributed by atoms with Crippen LogP contribution < -0.4 is 0 Å². The van der Waals surface area contributed by atoms with Gasteiger partial charge in [0.05, 0.1) is 6.26 Å². The summed E-state index contributed by atoms with van der Waals surface area (Å²) in [5.74, 6) is 0. The molecule has 1 nitrogen and oxygen atoms in total. The third-order valence-corrected chi connectivity index (χ3v) is 2.25. The molecular formula is C11H9BrO. The van der Waals surface area contributed by atoms with E-state index >= 15 is 0 Å². The van der Waals surface area contributed by atoms with Gasteiger partial charge in [0.1, 0.15) is 5.58 Å². The topological polar surface area (TPSA) is 13.1 Å². The molecule has 0 bridgehead atoms. The minimum atomic E-state index is 0.885. The lowest BCUT2D eigenvalue weighted by atomic mass is 10.1. The zero-order valence-electron chi connectivity index (χ0n) is 7.03. The number of hydrogen-bond acceptors (Lipinski definition) is 1. The van der Waals surface area contributed by atoms with Crippen LogP contribution in [-0.2, 0) is 0 Å². The second-order valence-electron chi connectivity index (χ2n) is 2.77. The predicted octanol–water partition coefficient (Wildman–Crippen LogP) is 3.84. The van der Waals surface area contributed by atoms with E-state index in [0.29, 0.717) is 0 Å². The molecule has 1 aromatic heterocycles. The zero-order chi connectivity index (χ0) is 9.10. The van der Waals surface area contributed by atoms with Gasteiger partial charge in [-0.3, -0.25) is 0 Å². The van der Waals surface area contributed by atoms with E-state index < -0.39 is 0 Å². The second-order valence-corrected chi connectivity index (χ2v) is 3.42. The molecular weight excluding hydrogens is 228 g/mol. The number of allylic oxidation sites excluding steroid dienone is 1. The molecule has 0 spiro atoms. The van der Waals surface area contributed by atoms with Gasteiger partial charge in [-0.2, -0.15) is 0 Å². The van der Waals surface area contributed by atoms with Gasteiger partial charge in [0, 0.05) is 10.7 Å². The van der Waals surface area contributed by atoms with Crippen LogP contribution in [0.15, 0.2) is 41.0 Å². The van der Waals surface area contributed by atoms with E-state index in [0.717, 1.165) is 16.3 Å². The summed E-state index contributed by atoms with van der Waals surface area (Å²) in [6.45, 7) is 0. The van der Waals surface area contributed by atoms with Gasteiger partial charge in [-0.1, -0.05) is 34.1 Å². The fraction of sp³-hybridized carbons (Fsp3) is 0.0909. The van der Waals surface area contributed by atoms with Crippen molar-refractivity contribution in [2.24, 2.45) is 0 Å². The minimum Gasteiger partial charge on any atom is -0.464 e. The van der Waals surface area contributed by atoms with E-state index in [1.165, 1.54) is 5.56 Å². The molecule has 0 radical (unpaired) electrons. The number of halogens is 1. The normalized spacial score (nSPS) is 11.5. The lowest BCUT2D eigenvalue weighted by molar-refractivity contribution is 0.616. The molecule has 66 valence electrons. The van der Waals surface area contributed by atoms with Gasteiger partial charge in [0.15, 0.2) is 0 Å². The van der Waals surface area contributed by atoms with Crippen LogP contribution in [0, 0.1) is 0 Å². The quantitative estimate of drug-likeness (QED) is 0.723. The first-order valence-electron chi connectivity index (χ1n) is 4.10. The average molecular weight is 237 g/mol. The molecule has 0 aliphatic rings. The van der Waals surface area contributed by atoms with Crippen molar-refractivity contribution in [1.82, 2.24) is 0 Å². The summed E-state index contributed by atoms with van der Waals surface area (Å²) in [6, 6.07) is 8.12. The maximum absolute atomic E-state index is 5.24. The van der Waals surface area contributed by atoms with Crippen LogP contribution >= 0.6 is 15.9 Å². The monoisotopic (exact) mass is 236 g/mol. The van der Waals surface area contributed by atoms with Gasteiger partial charge in [0.2, 0.25) is 0 Å². The molecule has 2 aromatic rings. The van der Waals surface area contributed by atoms with Gasteiger partial charge in [-0.05, 0) is 23.8 Å². The van der Waals surface area contributed by atoms with Crippen LogP contribution in [0.5, 0.6) is 0 Å². The van der Waals surface area contributed by atoms with Crippen molar-refractivity contribution in [2.45, 2.75) is 0 Å². The smallest absolute Gasteiger partial charge is 0.133 e. The summed E-state index contributed by atoms with van der Waals surface area (Å²) in [5, 5.41) is 2.04. The van der Waals surface area contributed by atoms with Crippen molar-refractivity contribution >= 4 is 33.0 Å². The highest BCUT2D eigenvalue weighted by Gasteiger charge is 1.95. The number of rotatable bonds is 2. The minimum absolute atomic E-state index is 0.885. The Morgan fingerprint density at radius 1 is 1.31 bits per heavy atom. The van der Waals surface area contributed by atoms with Gasteiger partial charge < -0.3 is 4.42 Å². The highest BCUT2D eigenvalue weighted by molar-refractivity contribution is 9.09. The third kappa shape index (κ3) is 1.83. The largest absolute Gasteiger partial charge is 0.464 e. The van der Waals surface area contributed by atoms with Crippen molar-refractivity contribution in [2.75, 3.05) is 5.33 Å². The Kier molecular flexibility index (Phi) is 2.50. The van der Waals surface area contributed by atoms with E-state index in [2.05, 4.69) is 34.1 Å². The number of alkyl halides is 1. The Hall–Kier alpha value is -1.02. The molecule has 1 aromatic carbocycles. The first kappa shape index (κ1) is 8.57. The molecule has 0 saturated heterocycles. The average Bonchev–Trinajstić information content (AvgIpc) is 2.61. The van der Waals surface area contributed by atoms with Gasteiger partial charge in [-0.25, -0.2) is 0 Å². The van der Waals surface area contributed by atoms with Crippen molar-refractivity contribution in [1.29, 1.82) is 0 Å². The maximum Gasteiger partial charge on any atom is 0.133 e. The fourth-order valence-electron chi connectivity index (χ4n) is 1.27. The third-order valence-electron chi connectivity index (χ3n) is 1.88. The molecule has 0 aliphatic carbocycles. The van der Waals surface area contributed by atoms with E-state index in [-0.39, 0.29) is 0 Å². The van der Waals surface area contributed by atoms with Gasteiger partial charge in [0.25, 0.3) is 0 Å². The SMILES string of the molecule is BrCC=Cc1ccc2occc2c1. The lowest BCUT2D eigenvalue weighted by Crippen LogP contribution is -1.71. The van der Waals surface area contributed by atoms with Crippen LogP contribution in [0.25, 0.3) is 17.0 Å². The van der Waals surface area contributed by atoms with Crippen LogP contribution in [0.3, 0.4) is 0 Å². The van der Waals surface area contributed by atoms with Crippen LogP contribution in [0.2, 0.25) is 0 Å². The van der Waals surface area contributed by atoms with Crippen molar-refractivity contribution in [3.05, 3.63) is 42.2 Å². The van der Waals surface area contributed by atoms with Crippen molar-refractivity contribution in [3.63, 3.8) is 0 Å². The van der Waals surface area contributed by atoms with Crippen LogP contribution in [-0.4, -0.2) is 5.33 Å². The molecule has 0 saturated carbocycles. The summed E-state index contributed by atoms with van der Waals surface area (Å²) in [6.07, 6.45) is 5.87. The molecule has 2 rings (SSSR count). The molecule has 1 heterocycles. The Morgan fingerprint density at radius 2 is 2.23 bits per heavy atom. The van der Waals surface area contributed by atoms with Crippen molar-refractivity contribution < 1.29 is 4.42 Å². The number of fused-ring (bicyclic) bond motifs is 1. The highest BCUT2D eigenvalue weighted by Crippen LogP contribution is 2.17. The first-order chi connectivity index (χ1) is 6.40. The van der Waals surface area contributed by atoms with E-state index in [1.807, 2.05) is 18.2 Å². The maximum atomic E-state index is 5.24. The first-order valence-corrected chi connectivity index (χ1v) is 5.22. The summed E-state index contributed by atoms with van der Waals surface area (Å²) >= 11 is 3.34. The zero-order valence-corrected chi connectivity index (χ0v) is 8.62. The molecule has 13 heavy (non-hydrogen) atoms. The fourth-order valence-corrected chi connectivity index (χ4v) is 1.46. The molecule has 0 amide bonds. The number of furan rings is 1. The summed E-state index contributed by atoms with van der Waals surface area (Å²) in [4.78, 5) is 0. The van der Waals surface area contributed by atoms with E-state index in [4.69, 9.17) is 4.42 Å². The number of hydrogen-bond donors (Lipinski definition) is 0. The number of benzene rings is 1. The van der Waals surface area contributed by atoms with Crippen LogP contribution in [0.1, 0.15) is 5.56 Å². The summed E-state index contributed by atoms with van der Waals surface area (Å²) < 4.78 is 5.24. The van der Waals surface area contributed by atoms with E-state index in [9.17, 15) is 0 Å². The Morgan fingerprint density at radius 3 is 3.08 bits per heavy atom. The molecule has 2 heteroatoms. The van der Waals surface area contributed by atoms with Crippen molar-refractivity contribution in [3.8, 4) is 0 Å². The van der Waals surface area contributed by atoms with E-state index in [1.54, 1.807) is 6.26 Å². The standard InChI is InChI=1S/C11H9BrO/c12-6-1-2-9-3-4-11-10(8-9)5-7-13-11/h1-5,7-8H,6H2. The summed E-state index contributed by atoms with van der Waals surface area (Å²) in [5.41, 5.74) is 2.14. The molecule has 0 aliphatic heterocycles. The summed E-state index contributed by atoms with van der Waals surface area (Å²) in [7, 11) is 0. The Labute approximate surface area is 85.2 Å².